The first-order valence-electron chi connectivity index (χ1n) is 5.76. The number of nitrogens with one attached hydrogen (secondary N) is 1. The van der Waals surface area contributed by atoms with Crippen LogP contribution in [0.3, 0.4) is 0 Å². The van der Waals surface area contributed by atoms with Gasteiger partial charge >= 0.3 is 0 Å². The highest BCUT2D eigenvalue weighted by Crippen LogP contribution is 2.45. The van der Waals surface area contributed by atoms with Gasteiger partial charge in [-0.3, -0.25) is 4.79 Å². The van der Waals surface area contributed by atoms with Gasteiger partial charge in [0.05, 0.1) is 0 Å². The summed E-state index contributed by atoms with van der Waals surface area (Å²) in [5.41, 5.74) is 3.10. The van der Waals surface area contributed by atoms with Crippen LogP contribution in [0.2, 0.25) is 0 Å². The maximum absolute atomic E-state index is 11.3. The first-order valence-corrected chi connectivity index (χ1v) is 6.55. The Morgan fingerprint density at radius 2 is 2.06 bits per heavy atom. The molecule has 1 aromatic rings. The molecule has 1 aliphatic carbocycles. The molecule has 1 atom stereocenters. The van der Waals surface area contributed by atoms with Crippen molar-refractivity contribution < 1.29 is 4.79 Å². The number of hydrogen-bond acceptors (Lipinski definition) is 1. The van der Waals surface area contributed by atoms with Gasteiger partial charge in [0, 0.05) is 22.9 Å². The normalized spacial score (nSPS) is 27.9. The fourth-order valence-corrected chi connectivity index (χ4v) is 3.61. The molecule has 1 aliphatic heterocycles. The summed E-state index contributed by atoms with van der Waals surface area (Å²) in [5, 5.41) is 3.02. The summed E-state index contributed by atoms with van der Waals surface area (Å²) in [6.45, 7) is 0.815. The van der Waals surface area contributed by atoms with Crippen LogP contribution in [0.25, 0.3) is 0 Å². The second-order valence-corrected chi connectivity index (χ2v) is 5.68. The van der Waals surface area contributed by atoms with E-state index in [-0.39, 0.29) is 11.3 Å². The average molecular weight is 280 g/mol. The van der Waals surface area contributed by atoms with Crippen molar-refractivity contribution in [3.63, 3.8) is 0 Å². The van der Waals surface area contributed by atoms with Crippen LogP contribution in [-0.4, -0.2) is 12.5 Å². The van der Waals surface area contributed by atoms with Gasteiger partial charge in [-0.25, -0.2) is 0 Å². The van der Waals surface area contributed by atoms with Crippen molar-refractivity contribution in [3.05, 3.63) is 33.8 Å². The Morgan fingerprint density at radius 3 is 2.81 bits per heavy atom. The van der Waals surface area contributed by atoms with E-state index >= 15 is 0 Å². The van der Waals surface area contributed by atoms with Gasteiger partial charge < -0.3 is 5.32 Å². The van der Waals surface area contributed by atoms with E-state index in [2.05, 4.69) is 39.4 Å². The smallest absolute Gasteiger partial charge is 0.220 e. The van der Waals surface area contributed by atoms with Crippen LogP contribution in [0.15, 0.2) is 22.7 Å². The molecular weight excluding hydrogens is 266 g/mol. The number of fused-ring (bicyclic) bond motifs is 2. The van der Waals surface area contributed by atoms with Gasteiger partial charge in [-0.05, 0) is 36.5 Å². The van der Waals surface area contributed by atoms with E-state index in [1.165, 1.54) is 22.0 Å². The van der Waals surface area contributed by atoms with Gasteiger partial charge in [0.1, 0.15) is 0 Å². The molecule has 2 aliphatic rings. The number of carbonyl (C=O) groups excluding carboxylic acids is 1. The van der Waals surface area contributed by atoms with Crippen molar-refractivity contribution in [2.45, 2.75) is 31.1 Å². The molecular formula is C13H14BrNO. The Hall–Kier alpha value is -0.830. The highest BCUT2D eigenvalue weighted by atomic mass is 79.9. The minimum absolute atomic E-state index is 0.203. The molecule has 1 amide bonds. The molecule has 0 aromatic heterocycles. The monoisotopic (exact) mass is 279 g/mol. The third-order valence-electron chi connectivity index (χ3n) is 4.00. The lowest BCUT2D eigenvalue weighted by Gasteiger charge is -2.34. The quantitative estimate of drug-likeness (QED) is 0.777. The molecule has 2 nitrogen and oxygen atoms in total. The number of rotatable bonds is 0. The number of carbonyl (C=O) groups is 1. The zero-order valence-corrected chi connectivity index (χ0v) is 10.6. The summed E-state index contributed by atoms with van der Waals surface area (Å²) in [7, 11) is 0. The number of amides is 1. The summed E-state index contributed by atoms with van der Waals surface area (Å²) in [4.78, 5) is 11.3. The maximum Gasteiger partial charge on any atom is 0.220 e. The molecule has 0 bridgehead atoms. The molecule has 84 valence electrons. The lowest BCUT2D eigenvalue weighted by Crippen LogP contribution is -2.44. The van der Waals surface area contributed by atoms with Gasteiger partial charge in [0.25, 0.3) is 0 Å². The maximum atomic E-state index is 11.3. The van der Waals surface area contributed by atoms with E-state index in [0.29, 0.717) is 6.42 Å². The molecule has 3 heteroatoms. The molecule has 1 fully saturated rings. The Balaban J connectivity index is 2.02. The SMILES string of the molecule is O=C1CCC2(CCc3c(Br)cccc32)CN1. The molecule has 1 spiro atoms. The molecule has 1 saturated heterocycles. The third-order valence-corrected chi connectivity index (χ3v) is 4.74. The standard InChI is InChI=1S/C13H14BrNO/c14-11-3-1-2-10-9(11)4-6-13(10)7-5-12(16)15-8-13/h1-3H,4-8H2,(H,15,16). The molecule has 1 N–H and O–H groups in total. The fourth-order valence-electron chi connectivity index (χ4n) is 3.05. The van der Waals surface area contributed by atoms with Crippen molar-refractivity contribution in [2.75, 3.05) is 6.54 Å². The van der Waals surface area contributed by atoms with Gasteiger partial charge in [0.15, 0.2) is 0 Å². The third kappa shape index (κ3) is 1.41. The largest absolute Gasteiger partial charge is 0.355 e. The lowest BCUT2D eigenvalue weighted by molar-refractivity contribution is -0.123. The van der Waals surface area contributed by atoms with Crippen LogP contribution in [0.4, 0.5) is 0 Å². The van der Waals surface area contributed by atoms with Gasteiger partial charge in [-0.1, -0.05) is 28.1 Å². The Morgan fingerprint density at radius 1 is 1.25 bits per heavy atom. The van der Waals surface area contributed by atoms with Crippen molar-refractivity contribution >= 4 is 21.8 Å². The van der Waals surface area contributed by atoms with E-state index in [1.54, 1.807) is 0 Å². The Bertz CT molecular complexity index is 445. The zero-order valence-electron chi connectivity index (χ0n) is 9.05. The van der Waals surface area contributed by atoms with E-state index in [4.69, 9.17) is 0 Å². The predicted octanol–water partition coefficient (Wildman–Crippen LogP) is 2.54. The van der Waals surface area contributed by atoms with Crippen LogP contribution < -0.4 is 5.32 Å². The van der Waals surface area contributed by atoms with Crippen molar-refractivity contribution in [3.8, 4) is 0 Å². The lowest BCUT2D eigenvalue weighted by atomic mass is 9.76. The van der Waals surface area contributed by atoms with Crippen LogP contribution in [0.1, 0.15) is 30.4 Å². The molecule has 3 rings (SSSR count). The van der Waals surface area contributed by atoms with E-state index < -0.39 is 0 Å². The van der Waals surface area contributed by atoms with Crippen molar-refractivity contribution in [1.29, 1.82) is 0 Å². The molecule has 0 radical (unpaired) electrons. The second kappa shape index (κ2) is 3.59. The molecule has 1 unspecified atom stereocenters. The van der Waals surface area contributed by atoms with Gasteiger partial charge in [0.2, 0.25) is 5.91 Å². The molecule has 0 saturated carbocycles. The van der Waals surface area contributed by atoms with Crippen molar-refractivity contribution in [2.24, 2.45) is 0 Å². The van der Waals surface area contributed by atoms with Crippen LogP contribution in [0, 0.1) is 0 Å². The van der Waals surface area contributed by atoms with Crippen LogP contribution in [0.5, 0.6) is 0 Å². The number of benzene rings is 1. The van der Waals surface area contributed by atoms with Crippen LogP contribution in [-0.2, 0) is 16.6 Å². The van der Waals surface area contributed by atoms with E-state index in [1.807, 2.05) is 0 Å². The zero-order chi connectivity index (χ0) is 11.2. The number of hydrogen-bond donors (Lipinski definition) is 1. The van der Waals surface area contributed by atoms with E-state index in [0.717, 1.165) is 19.4 Å². The molecule has 16 heavy (non-hydrogen) atoms. The van der Waals surface area contributed by atoms with E-state index in [9.17, 15) is 4.79 Å². The van der Waals surface area contributed by atoms with Gasteiger partial charge in [-0.2, -0.15) is 0 Å². The average Bonchev–Trinajstić information content (AvgIpc) is 2.64. The summed E-state index contributed by atoms with van der Waals surface area (Å²) in [6, 6.07) is 6.44. The summed E-state index contributed by atoms with van der Waals surface area (Å²) in [6.07, 6.45) is 3.98. The minimum Gasteiger partial charge on any atom is -0.355 e. The Labute approximate surface area is 104 Å². The first kappa shape index (κ1) is 10.3. The first-order chi connectivity index (χ1) is 7.71. The molecule has 1 aromatic carbocycles. The summed E-state index contributed by atoms with van der Waals surface area (Å²) >= 11 is 3.62. The topological polar surface area (TPSA) is 29.1 Å². The van der Waals surface area contributed by atoms with Crippen molar-refractivity contribution in [1.82, 2.24) is 5.32 Å². The summed E-state index contributed by atoms with van der Waals surface area (Å²) in [5.74, 6) is 0.203. The highest BCUT2D eigenvalue weighted by molar-refractivity contribution is 9.10. The highest BCUT2D eigenvalue weighted by Gasteiger charge is 2.41. The predicted molar refractivity (Wildman–Crippen MR) is 66.4 cm³/mol. The number of halogens is 1. The summed E-state index contributed by atoms with van der Waals surface area (Å²) < 4.78 is 1.22. The number of piperidine rings is 1. The second-order valence-electron chi connectivity index (χ2n) is 4.82. The van der Waals surface area contributed by atoms with Crippen LogP contribution >= 0.6 is 15.9 Å². The Kier molecular flexibility index (Phi) is 2.32. The van der Waals surface area contributed by atoms with Gasteiger partial charge in [-0.15, -0.1) is 0 Å². The fraction of sp³-hybridized carbons (Fsp3) is 0.462. The minimum atomic E-state index is 0.203. The molecule has 1 heterocycles.